The molecule has 0 aromatic carbocycles. The lowest BCUT2D eigenvalue weighted by molar-refractivity contribution is 0.0878. The maximum Gasteiger partial charge on any atom is 0.289 e. The van der Waals surface area contributed by atoms with Crippen LogP contribution < -0.4 is 5.32 Å². The first-order valence-electron chi connectivity index (χ1n) is 5.89. The molecule has 0 radical (unpaired) electrons. The SMILES string of the molecule is Cc1nc(C)c(C(=O)NC2(CCl)CCCC2)o1. The van der Waals surface area contributed by atoms with E-state index in [2.05, 4.69) is 10.3 Å². The highest BCUT2D eigenvalue weighted by molar-refractivity contribution is 6.19. The monoisotopic (exact) mass is 256 g/mol. The lowest BCUT2D eigenvalue weighted by Crippen LogP contribution is -2.48. The van der Waals surface area contributed by atoms with Gasteiger partial charge in [0.2, 0.25) is 5.76 Å². The number of aromatic nitrogens is 1. The molecule has 17 heavy (non-hydrogen) atoms. The Morgan fingerprint density at radius 2 is 2.12 bits per heavy atom. The fourth-order valence-corrected chi connectivity index (χ4v) is 2.72. The van der Waals surface area contributed by atoms with E-state index in [1.807, 2.05) is 0 Å². The van der Waals surface area contributed by atoms with Gasteiger partial charge < -0.3 is 9.73 Å². The Morgan fingerprint density at radius 3 is 2.59 bits per heavy atom. The zero-order chi connectivity index (χ0) is 12.5. The minimum atomic E-state index is -0.258. The van der Waals surface area contributed by atoms with E-state index >= 15 is 0 Å². The number of amides is 1. The highest BCUT2D eigenvalue weighted by Crippen LogP contribution is 2.31. The summed E-state index contributed by atoms with van der Waals surface area (Å²) in [5, 5.41) is 3.01. The van der Waals surface area contributed by atoms with Crippen LogP contribution in [0.2, 0.25) is 0 Å². The second-order valence-corrected chi connectivity index (χ2v) is 4.99. The van der Waals surface area contributed by atoms with Gasteiger partial charge in [-0.3, -0.25) is 4.79 Å². The van der Waals surface area contributed by atoms with Crippen molar-refractivity contribution < 1.29 is 9.21 Å². The molecule has 0 spiro atoms. The van der Waals surface area contributed by atoms with E-state index in [1.165, 1.54) is 0 Å². The molecule has 0 saturated heterocycles. The molecular formula is C12H17ClN2O2. The molecule has 0 unspecified atom stereocenters. The highest BCUT2D eigenvalue weighted by atomic mass is 35.5. The summed E-state index contributed by atoms with van der Waals surface area (Å²) in [6, 6.07) is 0. The molecule has 1 aliphatic carbocycles. The molecule has 0 aliphatic heterocycles. The summed E-state index contributed by atoms with van der Waals surface area (Å²) in [5.74, 6) is 1.06. The maximum atomic E-state index is 12.1. The summed E-state index contributed by atoms with van der Waals surface area (Å²) < 4.78 is 5.31. The van der Waals surface area contributed by atoms with Crippen molar-refractivity contribution in [3.8, 4) is 0 Å². The first-order chi connectivity index (χ1) is 8.06. The first kappa shape index (κ1) is 12.4. The van der Waals surface area contributed by atoms with Crippen LogP contribution in [0.15, 0.2) is 4.42 Å². The molecule has 1 heterocycles. The Morgan fingerprint density at radius 1 is 1.47 bits per heavy atom. The Labute approximate surface area is 106 Å². The Kier molecular flexibility index (Phi) is 3.43. The summed E-state index contributed by atoms with van der Waals surface area (Å²) in [6.07, 6.45) is 4.10. The van der Waals surface area contributed by atoms with E-state index in [9.17, 15) is 4.79 Å². The fourth-order valence-electron chi connectivity index (χ4n) is 2.38. The van der Waals surface area contributed by atoms with Crippen molar-refractivity contribution in [1.29, 1.82) is 0 Å². The average molecular weight is 257 g/mol. The van der Waals surface area contributed by atoms with Crippen LogP contribution in [0.4, 0.5) is 0 Å². The minimum Gasteiger partial charge on any atom is -0.436 e. The molecule has 4 nitrogen and oxygen atoms in total. The molecule has 1 aromatic heterocycles. The number of aryl methyl sites for hydroxylation is 2. The minimum absolute atomic E-state index is 0.203. The van der Waals surface area contributed by atoms with Gasteiger partial charge in [-0.15, -0.1) is 11.6 Å². The molecule has 1 aliphatic rings. The number of hydrogen-bond acceptors (Lipinski definition) is 3. The van der Waals surface area contributed by atoms with Crippen molar-refractivity contribution >= 4 is 17.5 Å². The quantitative estimate of drug-likeness (QED) is 0.846. The Balaban J connectivity index is 2.13. The molecule has 1 amide bonds. The number of nitrogens with zero attached hydrogens (tertiary/aromatic N) is 1. The maximum absolute atomic E-state index is 12.1. The van der Waals surface area contributed by atoms with E-state index < -0.39 is 0 Å². The number of oxazole rings is 1. The Bertz CT molecular complexity index is 422. The first-order valence-corrected chi connectivity index (χ1v) is 6.42. The molecular weight excluding hydrogens is 240 g/mol. The summed E-state index contributed by atoms with van der Waals surface area (Å²) in [7, 11) is 0. The topological polar surface area (TPSA) is 55.1 Å². The largest absolute Gasteiger partial charge is 0.436 e. The third-order valence-corrected chi connectivity index (χ3v) is 3.82. The molecule has 94 valence electrons. The Hall–Kier alpha value is -1.03. The van der Waals surface area contributed by atoms with Gasteiger partial charge >= 0.3 is 0 Å². The van der Waals surface area contributed by atoms with Gasteiger partial charge in [0.1, 0.15) is 0 Å². The van der Waals surface area contributed by atoms with Gasteiger partial charge in [0.15, 0.2) is 5.89 Å². The van der Waals surface area contributed by atoms with Crippen LogP contribution in [0.5, 0.6) is 0 Å². The van der Waals surface area contributed by atoms with Gasteiger partial charge in [0, 0.05) is 12.8 Å². The molecule has 1 fully saturated rings. The van der Waals surface area contributed by atoms with Crippen molar-refractivity contribution in [3.05, 3.63) is 17.3 Å². The van der Waals surface area contributed by atoms with Gasteiger partial charge in [-0.1, -0.05) is 12.8 Å². The average Bonchev–Trinajstić information content (AvgIpc) is 2.86. The zero-order valence-electron chi connectivity index (χ0n) is 10.2. The van der Waals surface area contributed by atoms with Crippen LogP contribution >= 0.6 is 11.6 Å². The summed E-state index contributed by atoms with van der Waals surface area (Å²) >= 11 is 5.98. The van der Waals surface area contributed by atoms with Crippen LogP contribution in [-0.2, 0) is 0 Å². The van der Waals surface area contributed by atoms with Crippen molar-refractivity contribution in [2.75, 3.05) is 5.88 Å². The van der Waals surface area contributed by atoms with Crippen LogP contribution in [0, 0.1) is 13.8 Å². The fraction of sp³-hybridized carbons (Fsp3) is 0.667. The summed E-state index contributed by atoms with van der Waals surface area (Å²) in [6.45, 7) is 3.50. The second-order valence-electron chi connectivity index (χ2n) is 4.72. The van der Waals surface area contributed by atoms with Crippen LogP contribution in [0.1, 0.15) is 47.8 Å². The van der Waals surface area contributed by atoms with Crippen LogP contribution in [0.3, 0.4) is 0 Å². The van der Waals surface area contributed by atoms with Crippen molar-refractivity contribution in [3.63, 3.8) is 0 Å². The molecule has 0 atom stereocenters. The predicted octanol–water partition coefficient (Wildman–Crippen LogP) is 2.57. The summed E-state index contributed by atoms with van der Waals surface area (Å²) in [4.78, 5) is 16.2. The van der Waals surface area contributed by atoms with Crippen molar-refractivity contribution in [1.82, 2.24) is 10.3 Å². The molecule has 0 bridgehead atoms. The van der Waals surface area contributed by atoms with Gasteiger partial charge in [-0.25, -0.2) is 4.98 Å². The highest BCUT2D eigenvalue weighted by Gasteiger charge is 2.35. The van der Waals surface area contributed by atoms with Crippen LogP contribution in [0.25, 0.3) is 0 Å². The van der Waals surface area contributed by atoms with Gasteiger partial charge in [0.05, 0.1) is 11.2 Å². The molecule has 1 aromatic rings. The molecule has 1 N–H and O–H groups in total. The van der Waals surface area contributed by atoms with Crippen molar-refractivity contribution in [2.45, 2.75) is 45.1 Å². The summed E-state index contributed by atoms with van der Waals surface area (Å²) in [5.41, 5.74) is 0.369. The predicted molar refractivity (Wildman–Crippen MR) is 65.4 cm³/mol. The normalized spacial score (nSPS) is 18.3. The standard InChI is InChI=1S/C12H17ClN2O2/c1-8-10(17-9(2)14-8)11(16)15-12(7-13)5-3-4-6-12/h3-7H2,1-2H3,(H,15,16). The number of nitrogens with one attached hydrogen (secondary N) is 1. The third-order valence-electron chi connectivity index (χ3n) is 3.30. The lowest BCUT2D eigenvalue weighted by Gasteiger charge is -2.27. The number of hydrogen-bond donors (Lipinski definition) is 1. The van der Waals surface area contributed by atoms with E-state index in [1.54, 1.807) is 13.8 Å². The van der Waals surface area contributed by atoms with E-state index in [4.69, 9.17) is 16.0 Å². The smallest absolute Gasteiger partial charge is 0.289 e. The van der Waals surface area contributed by atoms with Gasteiger partial charge in [-0.2, -0.15) is 0 Å². The number of halogens is 1. The molecule has 2 rings (SSSR count). The number of carbonyl (C=O) groups excluding carboxylic acids is 1. The number of alkyl halides is 1. The van der Waals surface area contributed by atoms with Gasteiger partial charge in [-0.05, 0) is 19.8 Å². The lowest BCUT2D eigenvalue weighted by atomic mass is 10.0. The van der Waals surface area contributed by atoms with E-state index in [0.29, 0.717) is 23.2 Å². The van der Waals surface area contributed by atoms with Crippen molar-refractivity contribution in [2.24, 2.45) is 0 Å². The molecule has 1 saturated carbocycles. The van der Waals surface area contributed by atoms with Gasteiger partial charge in [0.25, 0.3) is 5.91 Å². The number of rotatable bonds is 3. The number of carbonyl (C=O) groups is 1. The second kappa shape index (κ2) is 4.69. The van der Waals surface area contributed by atoms with E-state index in [-0.39, 0.29) is 11.4 Å². The molecule has 5 heteroatoms. The zero-order valence-corrected chi connectivity index (χ0v) is 10.9. The third kappa shape index (κ3) is 2.46. The van der Waals surface area contributed by atoms with E-state index in [0.717, 1.165) is 25.7 Å². The van der Waals surface area contributed by atoms with Crippen LogP contribution in [-0.4, -0.2) is 22.3 Å².